The Morgan fingerprint density at radius 3 is 2.57 bits per heavy atom. The highest BCUT2D eigenvalue weighted by Gasteiger charge is 2.37. The molecule has 30 heavy (non-hydrogen) atoms. The van der Waals surface area contributed by atoms with E-state index in [2.05, 4.69) is 0 Å². The number of halogens is 1. The number of carbonyl (C=O) groups excluding carboxylic acids is 1. The minimum atomic E-state index is -3.72. The van der Waals surface area contributed by atoms with Gasteiger partial charge < -0.3 is 14.0 Å². The molecule has 0 saturated heterocycles. The van der Waals surface area contributed by atoms with Crippen LogP contribution in [0.3, 0.4) is 0 Å². The Hall–Kier alpha value is -2.32. The number of sulfone groups is 1. The second-order valence-electron chi connectivity index (χ2n) is 7.76. The van der Waals surface area contributed by atoms with Crippen LogP contribution >= 0.6 is 11.6 Å². The Labute approximate surface area is 179 Å². The van der Waals surface area contributed by atoms with Gasteiger partial charge in [-0.25, -0.2) is 13.2 Å². The molecule has 160 valence electrons. The third-order valence-corrected chi connectivity index (χ3v) is 7.05. The van der Waals surface area contributed by atoms with Crippen LogP contribution in [0.1, 0.15) is 55.6 Å². The Balaban J connectivity index is 2.01. The van der Waals surface area contributed by atoms with Gasteiger partial charge in [-0.1, -0.05) is 11.6 Å². The summed E-state index contributed by atoms with van der Waals surface area (Å²) in [6.07, 6.45) is 1.16. The normalized spacial score (nSPS) is 16.7. The molecule has 2 aliphatic rings. The van der Waals surface area contributed by atoms with Gasteiger partial charge in [0.1, 0.15) is 11.3 Å². The highest BCUT2D eigenvalue weighted by Crippen LogP contribution is 2.46. The number of rotatable bonds is 5. The molecule has 0 spiro atoms. The maximum atomic E-state index is 13.2. The van der Waals surface area contributed by atoms with Crippen LogP contribution < -0.4 is 10.3 Å². The number of hydrogen-bond acceptors (Lipinski definition) is 6. The van der Waals surface area contributed by atoms with Crippen molar-refractivity contribution in [2.45, 2.75) is 56.4 Å². The molecule has 2 heterocycles. The van der Waals surface area contributed by atoms with Crippen molar-refractivity contribution in [3.05, 3.63) is 44.7 Å². The van der Waals surface area contributed by atoms with E-state index in [1.807, 2.05) is 0 Å². The first-order chi connectivity index (χ1) is 14.1. The third-order valence-electron chi connectivity index (χ3n) is 5.06. The zero-order chi connectivity index (χ0) is 21.8. The summed E-state index contributed by atoms with van der Waals surface area (Å²) in [7, 11) is -3.72. The average Bonchev–Trinajstić information content (AvgIpc) is 3.47. The minimum absolute atomic E-state index is 0.0779. The van der Waals surface area contributed by atoms with Crippen molar-refractivity contribution in [2.75, 3.05) is 6.61 Å². The number of esters is 1. The van der Waals surface area contributed by atoms with E-state index >= 15 is 0 Å². The van der Waals surface area contributed by atoms with Crippen LogP contribution in [0.15, 0.2) is 27.9 Å². The molecule has 4 rings (SSSR count). The van der Waals surface area contributed by atoms with Crippen LogP contribution in [0.4, 0.5) is 0 Å². The molecule has 0 unspecified atom stereocenters. The van der Waals surface area contributed by atoms with Gasteiger partial charge in [0.25, 0.3) is 5.56 Å². The fourth-order valence-corrected chi connectivity index (χ4v) is 5.51. The van der Waals surface area contributed by atoms with E-state index in [-0.39, 0.29) is 33.0 Å². The van der Waals surface area contributed by atoms with Gasteiger partial charge in [0.05, 0.1) is 34.1 Å². The van der Waals surface area contributed by atoms with Crippen molar-refractivity contribution in [3.8, 4) is 17.0 Å². The molecule has 1 fully saturated rings. The summed E-state index contributed by atoms with van der Waals surface area (Å²) in [6.45, 7) is 5.49. The van der Waals surface area contributed by atoms with Gasteiger partial charge in [-0.15, -0.1) is 0 Å². The summed E-state index contributed by atoms with van der Waals surface area (Å²) in [5.41, 5.74) is 0.628. The molecule has 0 N–H and O–H groups in total. The molecule has 9 heteroatoms. The molecule has 0 amide bonds. The molecule has 1 aromatic carbocycles. The lowest BCUT2D eigenvalue weighted by Crippen LogP contribution is -2.32. The number of nitrogens with zero attached hydrogens (tertiary/aromatic N) is 1. The zero-order valence-corrected chi connectivity index (χ0v) is 18.5. The highest BCUT2D eigenvalue weighted by atomic mass is 35.5. The molecule has 0 radical (unpaired) electrons. The smallest absolute Gasteiger partial charge is 0.344 e. The van der Waals surface area contributed by atoms with Gasteiger partial charge in [0.15, 0.2) is 9.84 Å². The van der Waals surface area contributed by atoms with Gasteiger partial charge in [-0.3, -0.25) is 4.79 Å². The van der Waals surface area contributed by atoms with Crippen molar-refractivity contribution < 1.29 is 22.7 Å². The lowest BCUT2D eigenvalue weighted by molar-refractivity contribution is 0.0375. The Morgan fingerprint density at radius 1 is 1.27 bits per heavy atom. The Morgan fingerprint density at radius 2 is 1.97 bits per heavy atom. The van der Waals surface area contributed by atoms with Gasteiger partial charge in [-0.05, 0) is 51.3 Å². The first-order valence-corrected chi connectivity index (χ1v) is 11.9. The number of benzene rings is 1. The van der Waals surface area contributed by atoms with Crippen LogP contribution in [0.25, 0.3) is 11.3 Å². The molecular formula is C21H22ClNO6S. The van der Waals surface area contributed by atoms with Crippen molar-refractivity contribution in [2.24, 2.45) is 0 Å². The van der Waals surface area contributed by atoms with E-state index in [0.29, 0.717) is 23.4 Å². The summed E-state index contributed by atoms with van der Waals surface area (Å²) in [5, 5.41) is 0.261. The SMILES string of the molecule is CCOc1cc2c(cc1Cl)-c1c(cc(C(=O)OC(C)C)c(=O)n1C1CC1)CS2(=O)=O. The number of pyridine rings is 1. The van der Waals surface area contributed by atoms with E-state index in [1.165, 1.54) is 22.8 Å². The van der Waals surface area contributed by atoms with Crippen molar-refractivity contribution >= 4 is 27.4 Å². The van der Waals surface area contributed by atoms with E-state index in [1.54, 1.807) is 20.8 Å². The zero-order valence-electron chi connectivity index (χ0n) is 16.9. The molecule has 1 aliphatic carbocycles. The summed E-state index contributed by atoms with van der Waals surface area (Å²) in [4.78, 5) is 25.8. The van der Waals surface area contributed by atoms with E-state index in [9.17, 15) is 18.0 Å². The van der Waals surface area contributed by atoms with E-state index in [4.69, 9.17) is 21.1 Å². The first-order valence-electron chi connectivity index (χ1n) is 9.83. The third kappa shape index (κ3) is 3.52. The van der Waals surface area contributed by atoms with Gasteiger partial charge in [-0.2, -0.15) is 0 Å². The number of aromatic nitrogens is 1. The maximum absolute atomic E-state index is 13.2. The topological polar surface area (TPSA) is 91.7 Å². The molecule has 1 aliphatic heterocycles. The van der Waals surface area contributed by atoms with Crippen LogP contribution in [-0.2, 0) is 20.3 Å². The number of hydrogen-bond donors (Lipinski definition) is 0. The molecule has 2 aromatic rings. The fourth-order valence-electron chi connectivity index (χ4n) is 3.73. The Kier molecular flexibility index (Phi) is 5.18. The largest absolute Gasteiger partial charge is 0.492 e. The van der Waals surface area contributed by atoms with Crippen molar-refractivity contribution in [1.29, 1.82) is 0 Å². The van der Waals surface area contributed by atoms with E-state index in [0.717, 1.165) is 12.8 Å². The van der Waals surface area contributed by atoms with Crippen LogP contribution in [0, 0.1) is 0 Å². The highest BCUT2D eigenvalue weighted by molar-refractivity contribution is 7.90. The molecule has 0 atom stereocenters. The van der Waals surface area contributed by atoms with Crippen LogP contribution in [0.5, 0.6) is 5.75 Å². The maximum Gasteiger partial charge on any atom is 0.344 e. The minimum Gasteiger partial charge on any atom is -0.492 e. The summed E-state index contributed by atoms with van der Waals surface area (Å²) >= 11 is 6.34. The lowest BCUT2D eigenvalue weighted by atomic mass is 10.0. The quantitative estimate of drug-likeness (QED) is 0.643. The summed E-state index contributed by atoms with van der Waals surface area (Å²) in [5.74, 6) is -0.792. The molecule has 7 nitrogen and oxygen atoms in total. The first kappa shape index (κ1) is 20.9. The Bertz CT molecular complexity index is 1210. The van der Waals surface area contributed by atoms with Crippen molar-refractivity contribution in [1.82, 2.24) is 4.57 Å². The van der Waals surface area contributed by atoms with Crippen LogP contribution in [0.2, 0.25) is 5.02 Å². The van der Waals surface area contributed by atoms with Crippen molar-refractivity contribution in [3.63, 3.8) is 0 Å². The number of carbonyl (C=O) groups is 1. The fraction of sp³-hybridized carbons (Fsp3) is 0.429. The van der Waals surface area contributed by atoms with E-state index < -0.39 is 27.5 Å². The second kappa shape index (κ2) is 7.42. The standard InChI is InChI=1S/C21H22ClNO6S/c1-4-28-17-9-18-14(8-16(17)22)19-12(10-30(18,26)27)7-15(21(25)29-11(2)3)20(24)23(19)13-5-6-13/h7-9,11,13H,4-6,10H2,1-3H3. The van der Waals surface area contributed by atoms with Gasteiger partial charge in [0, 0.05) is 17.7 Å². The summed E-state index contributed by atoms with van der Waals surface area (Å²) in [6, 6.07) is 4.22. The van der Waals surface area contributed by atoms with Crippen LogP contribution in [-0.4, -0.2) is 31.7 Å². The summed E-state index contributed by atoms with van der Waals surface area (Å²) < 4.78 is 38.3. The average molecular weight is 452 g/mol. The molecule has 1 aromatic heterocycles. The molecule has 0 bridgehead atoms. The predicted molar refractivity (Wildman–Crippen MR) is 112 cm³/mol. The second-order valence-corrected chi connectivity index (χ2v) is 10.1. The van der Waals surface area contributed by atoms with Gasteiger partial charge in [0.2, 0.25) is 0 Å². The lowest BCUT2D eigenvalue weighted by Gasteiger charge is -2.25. The van der Waals surface area contributed by atoms with Gasteiger partial charge >= 0.3 is 5.97 Å². The predicted octanol–water partition coefficient (Wildman–Crippen LogP) is 3.75. The monoisotopic (exact) mass is 451 g/mol. The number of ether oxygens (including phenoxy) is 2. The number of fused-ring (bicyclic) bond motifs is 3. The molecule has 1 saturated carbocycles. The molecular weight excluding hydrogens is 430 g/mol.